The van der Waals surface area contributed by atoms with Crippen LogP contribution in [0.5, 0.6) is 0 Å². The molecule has 1 atom stereocenters. The third kappa shape index (κ3) is 7.26. The Bertz CT molecular complexity index is 963. The number of aryl methyl sites for hydroxylation is 3. The van der Waals surface area contributed by atoms with Crippen LogP contribution in [-0.2, 0) is 30.2 Å². The topological polar surface area (TPSA) is 102 Å². The Morgan fingerprint density at radius 2 is 1.97 bits per heavy atom. The number of anilines is 1. The molecule has 3 rings (SSSR count). The second-order valence-corrected chi connectivity index (χ2v) is 9.14. The molecule has 0 aliphatic carbocycles. The molecule has 0 bridgehead atoms. The van der Waals surface area contributed by atoms with Gasteiger partial charge in [0.05, 0.1) is 11.9 Å². The third-order valence-corrected chi connectivity index (χ3v) is 6.35. The molecule has 7 nitrogen and oxygen atoms in total. The monoisotopic (exact) mass is 426 g/mol. The van der Waals surface area contributed by atoms with Gasteiger partial charge in [0.1, 0.15) is 0 Å². The summed E-state index contributed by atoms with van der Waals surface area (Å²) in [4.78, 5) is 7.96. The van der Waals surface area contributed by atoms with Crippen molar-refractivity contribution in [3.05, 3.63) is 64.6 Å². The van der Waals surface area contributed by atoms with Crippen molar-refractivity contribution >= 4 is 22.8 Å². The summed E-state index contributed by atoms with van der Waals surface area (Å²) in [5, 5.41) is 8.46. The van der Waals surface area contributed by atoms with E-state index in [1.807, 2.05) is 54.2 Å². The highest BCUT2D eigenvalue weighted by molar-refractivity contribution is 7.89. The van der Waals surface area contributed by atoms with Gasteiger partial charge in [-0.1, -0.05) is 42.0 Å². The van der Waals surface area contributed by atoms with Crippen LogP contribution >= 0.6 is 0 Å². The average Bonchev–Trinajstić information content (AvgIpc) is 3.37. The average molecular weight is 427 g/mol. The van der Waals surface area contributed by atoms with E-state index in [0.29, 0.717) is 11.7 Å². The van der Waals surface area contributed by atoms with Gasteiger partial charge in [0.25, 0.3) is 0 Å². The van der Waals surface area contributed by atoms with E-state index in [1.54, 1.807) is 6.20 Å². The lowest BCUT2D eigenvalue weighted by atomic mass is 10.1. The van der Waals surface area contributed by atoms with Gasteiger partial charge in [-0.25, -0.2) is 4.98 Å². The molecule has 0 saturated carbocycles. The number of H-pyrrole nitrogens is 1. The van der Waals surface area contributed by atoms with Crippen molar-refractivity contribution in [1.29, 1.82) is 0 Å². The molecule has 3 aromatic rings. The van der Waals surface area contributed by atoms with Crippen LogP contribution in [0.3, 0.4) is 0 Å². The van der Waals surface area contributed by atoms with E-state index < -0.39 is 10.8 Å². The third-order valence-electron chi connectivity index (χ3n) is 4.86. The molecular weight excluding hydrogens is 396 g/mol. The van der Waals surface area contributed by atoms with Crippen LogP contribution in [0.15, 0.2) is 47.6 Å². The van der Waals surface area contributed by atoms with Crippen molar-refractivity contribution in [2.75, 3.05) is 11.5 Å². The maximum absolute atomic E-state index is 12.4. The molecule has 0 aliphatic rings. The van der Waals surface area contributed by atoms with Gasteiger partial charge in [-0.15, -0.1) is 5.10 Å². The van der Waals surface area contributed by atoms with E-state index in [2.05, 4.69) is 20.3 Å². The molecule has 2 aromatic heterocycles. The molecule has 30 heavy (non-hydrogen) atoms. The summed E-state index contributed by atoms with van der Waals surface area (Å²) in [6, 6.07) is 9.99. The van der Waals surface area contributed by atoms with Gasteiger partial charge < -0.3 is 10.7 Å². The van der Waals surface area contributed by atoms with Gasteiger partial charge in [0.15, 0.2) is 5.95 Å². The summed E-state index contributed by atoms with van der Waals surface area (Å²) < 4.78 is 14.3. The fourth-order valence-electron chi connectivity index (χ4n) is 3.23. The standard InChI is InChI=1S/C22H30N6OS/c1-18(15-19-9-4-2-5-10-19)30(29)14-8-13-28-17-21(26-27-28)12-7-3-6-11-20-16-24-22(23)25-20/h2,4-5,9-10,15-17H,3,6-8,11-14H2,1H3,(H3,23,24,25)/b18-15+. The predicted molar refractivity (Wildman–Crippen MR) is 122 cm³/mol. The minimum Gasteiger partial charge on any atom is -0.369 e. The van der Waals surface area contributed by atoms with Crippen LogP contribution in [0, 0.1) is 0 Å². The number of benzene rings is 1. The zero-order valence-corrected chi connectivity index (χ0v) is 18.3. The number of allylic oxidation sites excluding steroid dienone is 1. The van der Waals surface area contributed by atoms with Crippen molar-refractivity contribution < 1.29 is 4.21 Å². The summed E-state index contributed by atoms with van der Waals surface area (Å²) >= 11 is 0. The molecule has 160 valence electrons. The van der Waals surface area contributed by atoms with E-state index in [1.165, 1.54) is 0 Å². The molecular formula is C22H30N6OS. The van der Waals surface area contributed by atoms with E-state index >= 15 is 0 Å². The normalized spacial score (nSPS) is 12.9. The Labute approximate surface area is 180 Å². The Hall–Kier alpha value is -2.74. The SMILES string of the molecule is C/C(=C\c1ccccc1)S(=O)CCCn1cc(CCCCCc2cnc(N)[nH]2)nn1. The maximum atomic E-state index is 12.4. The van der Waals surface area contributed by atoms with Gasteiger partial charge in [0, 0.05) is 39.9 Å². The molecule has 2 heterocycles. The van der Waals surface area contributed by atoms with Crippen molar-refractivity contribution in [3.63, 3.8) is 0 Å². The second-order valence-electron chi connectivity index (χ2n) is 7.40. The Morgan fingerprint density at radius 3 is 2.73 bits per heavy atom. The summed E-state index contributed by atoms with van der Waals surface area (Å²) in [6.07, 6.45) is 11.8. The van der Waals surface area contributed by atoms with Gasteiger partial charge >= 0.3 is 0 Å². The van der Waals surface area contributed by atoms with Crippen LogP contribution in [0.4, 0.5) is 5.95 Å². The van der Waals surface area contributed by atoms with Crippen LogP contribution in [0.25, 0.3) is 6.08 Å². The van der Waals surface area contributed by atoms with E-state index in [4.69, 9.17) is 5.73 Å². The lowest BCUT2D eigenvalue weighted by Crippen LogP contribution is -2.05. The van der Waals surface area contributed by atoms with E-state index in [0.717, 1.165) is 66.9 Å². The predicted octanol–water partition coefficient (Wildman–Crippen LogP) is 3.74. The van der Waals surface area contributed by atoms with Crippen molar-refractivity contribution in [3.8, 4) is 0 Å². The number of hydrogen-bond donors (Lipinski definition) is 2. The number of nitrogens with two attached hydrogens (primary N) is 1. The molecule has 0 radical (unpaired) electrons. The summed E-state index contributed by atoms with van der Waals surface area (Å²) in [6.45, 7) is 2.66. The molecule has 0 amide bonds. The number of nitrogen functional groups attached to an aromatic ring is 1. The van der Waals surface area contributed by atoms with Gasteiger partial charge in [-0.3, -0.25) is 8.89 Å². The highest BCUT2D eigenvalue weighted by Crippen LogP contribution is 2.11. The molecule has 0 fully saturated rings. The lowest BCUT2D eigenvalue weighted by molar-refractivity contribution is 0.578. The zero-order chi connectivity index (χ0) is 21.2. The first-order chi connectivity index (χ1) is 14.6. The molecule has 0 aliphatic heterocycles. The van der Waals surface area contributed by atoms with E-state index in [9.17, 15) is 4.21 Å². The fourth-order valence-corrected chi connectivity index (χ4v) is 4.21. The number of nitrogens with zero attached hydrogens (tertiary/aromatic N) is 4. The molecule has 0 saturated heterocycles. The smallest absolute Gasteiger partial charge is 0.197 e. The molecule has 1 unspecified atom stereocenters. The van der Waals surface area contributed by atoms with Crippen molar-refractivity contribution in [2.45, 2.75) is 52.0 Å². The van der Waals surface area contributed by atoms with Crippen LogP contribution < -0.4 is 5.73 Å². The Kier molecular flexibility index (Phi) is 8.38. The molecule has 3 N–H and O–H groups in total. The fraction of sp³-hybridized carbons (Fsp3) is 0.409. The number of unbranched alkanes of at least 4 members (excludes halogenated alkanes) is 2. The minimum atomic E-state index is -0.969. The molecule has 1 aromatic carbocycles. The summed E-state index contributed by atoms with van der Waals surface area (Å²) in [7, 11) is -0.969. The quantitative estimate of drug-likeness (QED) is 0.430. The number of imidazole rings is 1. The Morgan fingerprint density at radius 1 is 1.17 bits per heavy atom. The first kappa shape index (κ1) is 22.0. The molecule has 0 spiro atoms. The second kappa shape index (κ2) is 11.4. The minimum absolute atomic E-state index is 0.479. The van der Waals surface area contributed by atoms with Crippen molar-refractivity contribution in [2.24, 2.45) is 0 Å². The summed E-state index contributed by atoms with van der Waals surface area (Å²) in [5.74, 6) is 1.11. The lowest BCUT2D eigenvalue weighted by Gasteiger charge is -2.03. The number of aromatic nitrogens is 5. The highest BCUT2D eigenvalue weighted by atomic mass is 32.2. The van der Waals surface area contributed by atoms with Crippen LogP contribution in [0.2, 0.25) is 0 Å². The summed E-state index contributed by atoms with van der Waals surface area (Å²) in [5.41, 5.74) is 8.77. The largest absolute Gasteiger partial charge is 0.369 e. The van der Waals surface area contributed by atoms with Gasteiger partial charge in [0.2, 0.25) is 0 Å². The van der Waals surface area contributed by atoms with Gasteiger partial charge in [-0.2, -0.15) is 0 Å². The maximum Gasteiger partial charge on any atom is 0.197 e. The van der Waals surface area contributed by atoms with Gasteiger partial charge in [-0.05, 0) is 50.7 Å². The van der Waals surface area contributed by atoms with Crippen molar-refractivity contribution in [1.82, 2.24) is 25.0 Å². The first-order valence-electron chi connectivity index (χ1n) is 10.4. The number of aromatic amines is 1. The van der Waals surface area contributed by atoms with E-state index in [-0.39, 0.29) is 0 Å². The highest BCUT2D eigenvalue weighted by Gasteiger charge is 2.05. The molecule has 8 heteroatoms. The van der Waals surface area contributed by atoms with Crippen LogP contribution in [0.1, 0.15) is 49.6 Å². The number of nitrogens with one attached hydrogen (secondary N) is 1. The number of hydrogen-bond acceptors (Lipinski definition) is 5. The first-order valence-corrected chi connectivity index (χ1v) is 11.7. The number of rotatable bonds is 12. The van der Waals surface area contributed by atoms with Crippen LogP contribution in [-0.4, -0.2) is 34.9 Å². The Balaban J connectivity index is 1.32. The zero-order valence-electron chi connectivity index (χ0n) is 17.5.